The molecule has 0 bridgehead atoms. The molecule has 3 atom stereocenters. The van der Waals surface area contributed by atoms with Gasteiger partial charge in [-0.3, -0.25) is 14.4 Å². The maximum absolute atomic E-state index is 14.6. The number of ketones is 3. The lowest BCUT2D eigenvalue weighted by molar-refractivity contribution is 0.0666. The molecule has 7 rings (SSSR count). The zero-order chi connectivity index (χ0) is 27.8. The van der Waals surface area contributed by atoms with Crippen LogP contribution < -0.4 is 4.90 Å². The Morgan fingerprint density at radius 2 is 1.52 bits per heavy atom. The molecule has 0 saturated carbocycles. The van der Waals surface area contributed by atoms with Crippen LogP contribution in [-0.2, 0) is 0 Å². The largest absolute Gasteiger partial charge is 0.352 e. The predicted octanol–water partition coefficient (Wildman–Crippen LogP) is 7.10. The van der Waals surface area contributed by atoms with E-state index >= 15 is 0 Å². The molecule has 196 valence electrons. The second-order valence-corrected chi connectivity index (χ2v) is 11.1. The third kappa shape index (κ3) is 3.28. The minimum atomic E-state index is -1.59. The minimum Gasteiger partial charge on any atom is -0.352 e. The molecule has 1 spiro atoms. The summed E-state index contributed by atoms with van der Waals surface area (Å²) in [7, 11) is 0. The van der Waals surface area contributed by atoms with Gasteiger partial charge in [-0.2, -0.15) is 0 Å². The Hall–Kier alpha value is -4.35. The summed E-state index contributed by atoms with van der Waals surface area (Å²) in [5.41, 5.74) is 2.47. The zero-order valence-corrected chi connectivity index (χ0v) is 22.2. The molecule has 4 nitrogen and oxygen atoms in total. The molecule has 1 saturated heterocycles. The maximum Gasteiger partial charge on any atom is 0.185 e. The normalized spacial score (nSPS) is 21.9. The van der Waals surface area contributed by atoms with Crippen molar-refractivity contribution < 1.29 is 18.8 Å². The van der Waals surface area contributed by atoms with Crippen LogP contribution in [0.4, 0.5) is 10.1 Å². The average molecular weight is 548 g/mol. The van der Waals surface area contributed by atoms with Crippen LogP contribution in [0.15, 0.2) is 97.1 Å². The molecule has 4 aromatic rings. The molecule has 0 amide bonds. The number of aryl methyl sites for hydroxylation is 1. The first kappa shape index (κ1) is 24.7. The molecule has 0 N–H and O–H groups in total. The number of Topliss-reactive ketones (excluding diaryl/α,β-unsaturated/α-hetero) is 3. The van der Waals surface area contributed by atoms with E-state index in [2.05, 4.69) is 0 Å². The van der Waals surface area contributed by atoms with Gasteiger partial charge in [-0.05, 0) is 55.0 Å². The second-order valence-electron chi connectivity index (χ2n) is 10.7. The van der Waals surface area contributed by atoms with Crippen molar-refractivity contribution in [1.82, 2.24) is 0 Å². The molecule has 0 unspecified atom stereocenters. The van der Waals surface area contributed by atoms with E-state index in [0.717, 1.165) is 11.1 Å². The number of fused-ring (bicyclic) bond motifs is 5. The van der Waals surface area contributed by atoms with Crippen molar-refractivity contribution in [3.63, 3.8) is 0 Å². The summed E-state index contributed by atoms with van der Waals surface area (Å²) in [4.78, 5) is 45.6. The average Bonchev–Trinajstić information content (AvgIpc) is 3.39. The van der Waals surface area contributed by atoms with Crippen molar-refractivity contribution in [3.05, 3.63) is 141 Å². The number of hydrogen-bond acceptors (Lipinski definition) is 4. The van der Waals surface area contributed by atoms with Crippen molar-refractivity contribution in [1.29, 1.82) is 0 Å². The fourth-order valence-electron chi connectivity index (χ4n) is 6.88. The van der Waals surface area contributed by atoms with Gasteiger partial charge in [0.1, 0.15) is 17.3 Å². The van der Waals surface area contributed by atoms with E-state index in [0.29, 0.717) is 33.0 Å². The van der Waals surface area contributed by atoms with Crippen LogP contribution in [0.1, 0.15) is 53.7 Å². The highest BCUT2D eigenvalue weighted by Crippen LogP contribution is 2.61. The maximum atomic E-state index is 14.6. The predicted molar refractivity (Wildman–Crippen MR) is 153 cm³/mol. The van der Waals surface area contributed by atoms with Crippen molar-refractivity contribution in [2.75, 3.05) is 4.90 Å². The van der Waals surface area contributed by atoms with Crippen molar-refractivity contribution in [2.45, 2.75) is 24.9 Å². The lowest BCUT2D eigenvalue weighted by Gasteiger charge is -2.37. The smallest absolute Gasteiger partial charge is 0.185 e. The number of hydrogen-bond donors (Lipinski definition) is 0. The molecule has 40 heavy (non-hydrogen) atoms. The van der Waals surface area contributed by atoms with Gasteiger partial charge in [0.15, 0.2) is 17.3 Å². The Balaban J connectivity index is 1.54. The summed E-state index contributed by atoms with van der Waals surface area (Å²) in [6.45, 7) is 1.96. The summed E-state index contributed by atoms with van der Waals surface area (Å²) in [5.74, 6) is -2.06. The molecule has 1 aliphatic carbocycles. The van der Waals surface area contributed by atoms with Crippen LogP contribution in [-0.4, -0.2) is 29.4 Å². The standard InChI is InChI=1S/C34H23ClFNO3/c1-19-6-8-20(9-7-19)29-30(31(38)21-10-13-23(35)14-11-21)37-27-16-15-24(36)18-22(27)12-17-28(37)34(29)32(39)25-4-2-3-5-26(25)33(34)40/h2-18,28-30H,1H3/t28-,29-,30+/m0/s1. The number of rotatable bonds is 3. The van der Waals surface area contributed by atoms with Gasteiger partial charge in [0.2, 0.25) is 0 Å². The Morgan fingerprint density at radius 3 is 2.17 bits per heavy atom. The third-order valence-electron chi connectivity index (χ3n) is 8.60. The Labute approximate surface area is 235 Å². The molecule has 1 fully saturated rings. The van der Waals surface area contributed by atoms with Crippen LogP contribution in [0.2, 0.25) is 5.02 Å². The number of anilines is 1. The van der Waals surface area contributed by atoms with Gasteiger partial charge in [0, 0.05) is 38.9 Å². The molecular weight excluding hydrogens is 525 g/mol. The number of carbonyl (C=O) groups excluding carboxylic acids is 3. The quantitative estimate of drug-likeness (QED) is 0.203. The summed E-state index contributed by atoms with van der Waals surface area (Å²) in [5, 5.41) is 0.491. The Bertz CT molecular complexity index is 1720. The second kappa shape index (κ2) is 8.83. The van der Waals surface area contributed by atoms with Crippen LogP contribution in [0, 0.1) is 18.2 Å². The van der Waals surface area contributed by atoms with Crippen molar-refractivity contribution in [2.24, 2.45) is 5.41 Å². The number of carbonyl (C=O) groups is 3. The van der Waals surface area contributed by atoms with E-state index in [1.165, 1.54) is 12.1 Å². The first-order valence-corrected chi connectivity index (χ1v) is 13.5. The molecule has 4 aromatic carbocycles. The van der Waals surface area contributed by atoms with Crippen molar-refractivity contribution in [3.8, 4) is 0 Å². The molecular formula is C34H23ClFNO3. The van der Waals surface area contributed by atoms with E-state index < -0.39 is 29.2 Å². The number of nitrogens with zero attached hydrogens (tertiary/aromatic N) is 1. The fourth-order valence-corrected chi connectivity index (χ4v) is 7.01. The highest BCUT2D eigenvalue weighted by atomic mass is 35.5. The van der Waals surface area contributed by atoms with Gasteiger partial charge >= 0.3 is 0 Å². The lowest BCUT2D eigenvalue weighted by Crippen LogP contribution is -2.48. The Kier molecular flexibility index (Phi) is 5.45. The zero-order valence-electron chi connectivity index (χ0n) is 21.5. The van der Waals surface area contributed by atoms with Crippen LogP contribution in [0.3, 0.4) is 0 Å². The molecule has 0 aromatic heterocycles. The first-order valence-electron chi connectivity index (χ1n) is 13.1. The van der Waals surface area contributed by atoms with Gasteiger partial charge in [-0.15, -0.1) is 0 Å². The summed E-state index contributed by atoms with van der Waals surface area (Å²) >= 11 is 6.14. The lowest BCUT2D eigenvalue weighted by atomic mass is 9.64. The Morgan fingerprint density at radius 1 is 0.875 bits per heavy atom. The molecule has 6 heteroatoms. The van der Waals surface area contributed by atoms with Gasteiger partial charge in [0.05, 0.1) is 6.04 Å². The van der Waals surface area contributed by atoms with Crippen molar-refractivity contribution >= 4 is 40.7 Å². The van der Waals surface area contributed by atoms with Gasteiger partial charge in [0.25, 0.3) is 0 Å². The van der Waals surface area contributed by atoms with Gasteiger partial charge < -0.3 is 4.90 Å². The van der Waals surface area contributed by atoms with E-state index in [1.54, 1.807) is 66.7 Å². The highest BCUT2D eigenvalue weighted by Gasteiger charge is 2.71. The molecule has 3 aliphatic rings. The summed E-state index contributed by atoms with van der Waals surface area (Å²) in [6, 6.07) is 23.9. The highest BCUT2D eigenvalue weighted by molar-refractivity contribution is 6.32. The molecule has 2 heterocycles. The topological polar surface area (TPSA) is 54.5 Å². The third-order valence-corrected chi connectivity index (χ3v) is 8.85. The first-order chi connectivity index (χ1) is 19.3. The van der Waals surface area contributed by atoms with E-state index in [9.17, 15) is 18.8 Å². The fraction of sp³-hybridized carbons (Fsp3) is 0.147. The monoisotopic (exact) mass is 547 g/mol. The number of halogens is 2. The van der Waals surface area contributed by atoms with Crippen LogP contribution >= 0.6 is 11.6 Å². The van der Waals surface area contributed by atoms with Crippen LogP contribution in [0.5, 0.6) is 0 Å². The van der Waals surface area contributed by atoms with Gasteiger partial charge in [-0.1, -0.05) is 77.8 Å². The number of benzene rings is 4. The minimum absolute atomic E-state index is 0.244. The molecule has 0 radical (unpaired) electrons. The van der Waals surface area contributed by atoms with E-state index in [1.807, 2.05) is 36.1 Å². The summed E-state index contributed by atoms with van der Waals surface area (Å²) in [6.07, 6.45) is 3.55. The van der Waals surface area contributed by atoms with Gasteiger partial charge in [-0.25, -0.2) is 4.39 Å². The SMILES string of the molecule is Cc1ccc([C@H]2[C@H](C(=O)c3ccc(Cl)cc3)N3c4ccc(F)cc4C=C[C@H]3C23C(=O)c2ccccc2C3=O)cc1. The van der Waals surface area contributed by atoms with E-state index in [-0.39, 0.29) is 17.3 Å². The van der Waals surface area contributed by atoms with E-state index in [4.69, 9.17) is 11.6 Å². The molecule has 2 aliphatic heterocycles. The summed E-state index contributed by atoms with van der Waals surface area (Å²) < 4.78 is 14.3. The van der Waals surface area contributed by atoms with Crippen LogP contribution in [0.25, 0.3) is 6.08 Å².